The summed E-state index contributed by atoms with van der Waals surface area (Å²) in [4.78, 5) is 16.6. The molecule has 142 valence electrons. The molecule has 8 nitrogen and oxygen atoms in total. The van der Waals surface area contributed by atoms with Crippen molar-refractivity contribution in [2.24, 2.45) is 0 Å². The van der Waals surface area contributed by atoms with E-state index >= 15 is 0 Å². The third-order valence-electron chi connectivity index (χ3n) is 3.73. The van der Waals surface area contributed by atoms with E-state index in [0.717, 1.165) is 22.7 Å². The Morgan fingerprint density at radius 1 is 1.26 bits per heavy atom. The zero-order valence-corrected chi connectivity index (χ0v) is 16.6. The van der Waals surface area contributed by atoms with Crippen molar-refractivity contribution in [2.75, 3.05) is 5.32 Å². The largest absolute Gasteiger partial charge is 0.323 e. The number of amides is 1. The Balaban J connectivity index is 1.66. The summed E-state index contributed by atoms with van der Waals surface area (Å²) in [7, 11) is -3.72. The first-order chi connectivity index (χ1) is 12.8. The van der Waals surface area contributed by atoms with Crippen molar-refractivity contribution >= 4 is 33.0 Å². The molecule has 3 aromatic heterocycles. The highest BCUT2D eigenvalue weighted by Crippen LogP contribution is 2.16. The zero-order chi connectivity index (χ0) is 19.6. The SMILES string of the molecule is Cc1cc(C)n(-c2ccc(NC(=O)C(C)NS(=O)(=O)c3cccs3)cn2)n1. The fraction of sp³-hybridized carbons (Fsp3) is 0.235. The molecule has 0 fully saturated rings. The number of sulfonamides is 1. The lowest BCUT2D eigenvalue weighted by Crippen LogP contribution is -2.41. The summed E-state index contributed by atoms with van der Waals surface area (Å²) in [6.07, 6.45) is 1.50. The molecule has 27 heavy (non-hydrogen) atoms. The minimum absolute atomic E-state index is 0.165. The van der Waals surface area contributed by atoms with Gasteiger partial charge < -0.3 is 5.32 Å². The normalized spacial score (nSPS) is 12.7. The first kappa shape index (κ1) is 19.2. The number of hydrogen-bond acceptors (Lipinski definition) is 6. The number of nitrogens with one attached hydrogen (secondary N) is 2. The third kappa shape index (κ3) is 4.41. The Morgan fingerprint density at radius 2 is 2.04 bits per heavy atom. The molecular formula is C17H19N5O3S2. The molecule has 3 aromatic rings. The molecule has 1 amide bonds. The smallest absolute Gasteiger partial charge is 0.250 e. The van der Waals surface area contributed by atoms with Gasteiger partial charge in [0.15, 0.2) is 5.82 Å². The van der Waals surface area contributed by atoms with Gasteiger partial charge >= 0.3 is 0 Å². The highest BCUT2D eigenvalue weighted by molar-refractivity contribution is 7.91. The molecule has 0 bridgehead atoms. The standard InChI is InChI=1S/C17H19N5O3S2/c1-11-9-12(2)22(20-11)15-7-6-14(10-18-15)19-17(23)13(3)21-27(24,25)16-5-4-8-26-16/h4-10,13,21H,1-3H3,(H,19,23). The molecule has 0 saturated heterocycles. The number of rotatable bonds is 6. The topological polar surface area (TPSA) is 106 Å². The lowest BCUT2D eigenvalue weighted by atomic mass is 10.3. The molecule has 10 heteroatoms. The number of pyridine rings is 1. The number of anilines is 1. The van der Waals surface area contributed by atoms with Crippen LogP contribution in [0, 0.1) is 13.8 Å². The first-order valence-electron chi connectivity index (χ1n) is 8.12. The maximum Gasteiger partial charge on any atom is 0.250 e. The summed E-state index contributed by atoms with van der Waals surface area (Å²) in [5.41, 5.74) is 2.30. The third-order valence-corrected chi connectivity index (χ3v) is 6.67. The molecule has 2 N–H and O–H groups in total. The van der Waals surface area contributed by atoms with Crippen molar-refractivity contribution in [3.8, 4) is 5.82 Å². The minimum atomic E-state index is -3.72. The van der Waals surface area contributed by atoms with Crippen LogP contribution in [0.3, 0.4) is 0 Å². The van der Waals surface area contributed by atoms with E-state index < -0.39 is 22.0 Å². The molecule has 0 aliphatic carbocycles. The van der Waals surface area contributed by atoms with Gasteiger partial charge in [-0.1, -0.05) is 6.07 Å². The number of carbonyl (C=O) groups excluding carboxylic acids is 1. The van der Waals surface area contributed by atoms with Crippen molar-refractivity contribution in [1.82, 2.24) is 19.5 Å². The van der Waals surface area contributed by atoms with Gasteiger partial charge in [0.25, 0.3) is 10.0 Å². The second-order valence-corrected chi connectivity index (χ2v) is 8.90. The summed E-state index contributed by atoms with van der Waals surface area (Å²) in [6.45, 7) is 5.31. The monoisotopic (exact) mass is 405 g/mol. The van der Waals surface area contributed by atoms with Gasteiger partial charge in [0.2, 0.25) is 5.91 Å². The van der Waals surface area contributed by atoms with Gasteiger partial charge in [0.05, 0.1) is 23.6 Å². The number of aromatic nitrogens is 3. The average molecular weight is 406 g/mol. The van der Waals surface area contributed by atoms with E-state index in [-0.39, 0.29) is 4.21 Å². The van der Waals surface area contributed by atoms with Crippen LogP contribution >= 0.6 is 11.3 Å². The van der Waals surface area contributed by atoms with E-state index in [1.54, 1.807) is 28.3 Å². The molecule has 0 saturated carbocycles. The second kappa shape index (κ2) is 7.59. The Labute approximate surface area is 161 Å². The number of thiophene rings is 1. The Kier molecular flexibility index (Phi) is 5.40. The van der Waals surface area contributed by atoms with E-state index in [2.05, 4.69) is 20.1 Å². The van der Waals surface area contributed by atoms with E-state index in [0.29, 0.717) is 11.5 Å². The summed E-state index contributed by atoms with van der Waals surface area (Å²) in [5.74, 6) is 0.154. The number of carbonyl (C=O) groups is 1. The molecule has 0 aliphatic heterocycles. The van der Waals surface area contributed by atoms with Gasteiger partial charge in [-0.15, -0.1) is 11.3 Å². The summed E-state index contributed by atoms with van der Waals surface area (Å²) in [5, 5.41) is 8.67. The summed E-state index contributed by atoms with van der Waals surface area (Å²) < 4.78 is 28.6. The van der Waals surface area contributed by atoms with Crippen LogP contribution < -0.4 is 10.0 Å². The van der Waals surface area contributed by atoms with Crippen LogP contribution in [-0.2, 0) is 14.8 Å². The molecule has 0 aliphatic rings. The minimum Gasteiger partial charge on any atom is -0.323 e. The van der Waals surface area contributed by atoms with Crippen LogP contribution in [0.25, 0.3) is 5.82 Å². The van der Waals surface area contributed by atoms with Crippen LogP contribution in [0.4, 0.5) is 5.69 Å². The van der Waals surface area contributed by atoms with Crippen LogP contribution in [-0.4, -0.2) is 35.1 Å². The van der Waals surface area contributed by atoms with Gasteiger partial charge in [-0.3, -0.25) is 4.79 Å². The van der Waals surface area contributed by atoms with Crippen LogP contribution in [0.5, 0.6) is 0 Å². The van der Waals surface area contributed by atoms with Crippen molar-refractivity contribution in [3.05, 3.63) is 53.3 Å². The van der Waals surface area contributed by atoms with Crippen molar-refractivity contribution < 1.29 is 13.2 Å². The number of hydrogen-bond donors (Lipinski definition) is 2. The Bertz CT molecular complexity index is 1040. The molecule has 1 atom stereocenters. The van der Waals surface area contributed by atoms with E-state index in [1.807, 2.05) is 19.9 Å². The lowest BCUT2D eigenvalue weighted by molar-refractivity contribution is -0.117. The lowest BCUT2D eigenvalue weighted by Gasteiger charge is -2.14. The molecule has 3 heterocycles. The second-order valence-electron chi connectivity index (χ2n) is 6.01. The van der Waals surface area contributed by atoms with Crippen molar-refractivity contribution in [3.63, 3.8) is 0 Å². The maximum atomic E-state index is 12.3. The van der Waals surface area contributed by atoms with Gasteiger partial charge in [0.1, 0.15) is 4.21 Å². The maximum absolute atomic E-state index is 12.3. The predicted octanol–water partition coefficient (Wildman–Crippen LogP) is 2.25. The van der Waals surface area contributed by atoms with Crippen molar-refractivity contribution in [1.29, 1.82) is 0 Å². The summed E-state index contributed by atoms with van der Waals surface area (Å²) in [6, 6.07) is 7.55. The highest BCUT2D eigenvalue weighted by Gasteiger charge is 2.22. The Morgan fingerprint density at radius 3 is 2.59 bits per heavy atom. The van der Waals surface area contributed by atoms with Crippen LogP contribution in [0.2, 0.25) is 0 Å². The average Bonchev–Trinajstić information content (AvgIpc) is 3.25. The van der Waals surface area contributed by atoms with Gasteiger partial charge in [-0.25, -0.2) is 18.1 Å². The molecule has 0 aromatic carbocycles. The zero-order valence-electron chi connectivity index (χ0n) is 15.0. The fourth-order valence-electron chi connectivity index (χ4n) is 2.46. The number of nitrogens with zero attached hydrogens (tertiary/aromatic N) is 3. The van der Waals surface area contributed by atoms with E-state index in [4.69, 9.17) is 0 Å². The Hall–Kier alpha value is -2.56. The van der Waals surface area contributed by atoms with E-state index in [1.165, 1.54) is 19.2 Å². The first-order valence-corrected chi connectivity index (χ1v) is 10.5. The molecular weight excluding hydrogens is 386 g/mol. The highest BCUT2D eigenvalue weighted by atomic mass is 32.2. The van der Waals surface area contributed by atoms with Crippen LogP contribution in [0.1, 0.15) is 18.3 Å². The fourth-order valence-corrected chi connectivity index (χ4v) is 4.67. The molecule has 3 rings (SSSR count). The summed E-state index contributed by atoms with van der Waals surface area (Å²) >= 11 is 1.09. The van der Waals surface area contributed by atoms with E-state index in [9.17, 15) is 13.2 Å². The molecule has 1 unspecified atom stereocenters. The van der Waals surface area contributed by atoms with Gasteiger partial charge in [-0.2, -0.15) is 9.82 Å². The predicted molar refractivity (Wildman–Crippen MR) is 104 cm³/mol. The van der Waals surface area contributed by atoms with Gasteiger partial charge in [0, 0.05) is 5.69 Å². The van der Waals surface area contributed by atoms with Gasteiger partial charge in [-0.05, 0) is 50.4 Å². The molecule has 0 spiro atoms. The quantitative estimate of drug-likeness (QED) is 0.654. The molecule has 0 radical (unpaired) electrons. The van der Waals surface area contributed by atoms with Crippen molar-refractivity contribution in [2.45, 2.75) is 31.0 Å². The van der Waals surface area contributed by atoms with Crippen LogP contribution in [0.15, 0.2) is 46.1 Å². The number of aryl methyl sites for hydroxylation is 2.